The average molecular weight is 359 g/mol. The molecule has 25 heavy (non-hydrogen) atoms. The molecule has 0 unspecified atom stereocenters. The Labute approximate surface area is 148 Å². The number of nitrogens with zero attached hydrogens (tertiary/aromatic N) is 3. The Morgan fingerprint density at radius 3 is 2.92 bits per heavy atom. The lowest BCUT2D eigenvalue weighted by Crippen LogP contribution is -2.29. The molecule has 0 saturated carbocycles. The highest BCUT2D eigenvalue weighted by Gasteiger charge is 2.17. The van der Waals surface area contributed by atoms with Crippen molar-refractivity contribution in [1.82, 2.24) is 9.97 Å². The second kappa shape index (κ2) is 7.75. The van der Waals surface area contributed by atoms with Crippen LogP contribution in [0.2, 0.25) is 0 Å². The maximum Gasteiger partial charge on any atom is 0.405 e. The molecule has 8 nitrogen and oxygen atoms in total. The monoisotopic (exact) mass is 359 g/mol. The van der Waals surface area contributed by atoms with Gasteiger partial charge in [0.25, 0.3) is 5.91 Å². The number of hydrogen-bond acceptors (Lipinski definition) is 7. The molecule has 0 bridgehead atoms. The van der Waals surface area contributed by atoms with Crippen LogP contribution in [0, 0.1) is 0 Å². The van der Waals surface area contributed by atoms with Crippen molar-refractivity contribution in [3.63, 3.8) is 0 Å². The van der Waals surface area contributed by atoms with E-state index < -0.39 is 18.6 Å². The van der Waals surface area contributed by atoms with Crippen LogP contribution in [0.3, 0.4) is 0 Å². The highest BCUT2D eigenvalue weighted by atomic mass is 32.1. The van der Waals surface area contributed by atoms with E-state index in [0.717, 1.165) is 36.5 Å². The number of carbonyl (C=O) groups excluding carboxylic acids is 2. The Kier molecular flexibility index (Phi) is 5.24. The van der Waals surface area contributed by atoms with Gasteiger partial charge in [-0.25, -0.2) is 9.78 Å². The van der Waals surface area contributed by atoms with E-state index >= 15 is 0 Å². The summed E-state index contributed by atoms with van der Waals surface area (Å²) in [6, 6.07) is 3.96. The number of nitrogens with one attached hydrogen (secondary N) is 1. The average Bonchev–Trinajstić information content (AvgIpc) is 3.09. The van der Waals surface area contributed by atoms with Crippen molar-refractivity contribution >= 4 is 39.7 Å². The Bertz CT molecular complexity index is 790. The molecule has 0 saturated heterocycles. The molecule has 1 aliphatic rings. The number of thiazole rings is 1. The Morgan fingerprint density at radius 1 is 1.36 bits per heavy atom. The smallest absolute Gasteiger partial charge is 0.405 e. The summed E-state index contributed by atoms with van der Waals surface area (Å²) in [6.07, 6.45) is 5.65. The van der Waals surface area contributed by atoms with Gasteiger partial charge in [0, 0.05) is 36.6 Å². The van der Waals surface area contributed by atoms with Gasteiger partial charge in [-0.1, -0.05) is 6.08 Å². The van der Waals surface area contributed by atoms with Crippen LogP contribution in [-0.4, -0.2) is 41.7 Å². The predicted octanol–water partition coefficient (Wildman–Crippen LogP) is 1.87. The van der Waals surface area contributed by atoms with Gasteiger partial charge in [0.05, 0.1) is 5.69 Å². The topological polar surface area (TPSA) is 110 Å². The van der Waals surface area contributed by atoms with Crippen LogP contribution in [0.4, 0.5) is 15.6 Å². The SMILES string of the molecule is NC(=O)OCC(=O)Nc1nc(C2=CCCN(c3ccncc3)C2)cs1. The van der Waals surface area contributed by atoms with Gasteiger partial charge in [-0.2, -0.15) is 0 Å². The van der Waals surface area contributed by atoms with Gasteiger partial charge in [0.1, 0.15) is 0 Å². The van der Waals surface area contributed by atoms with Crippen molar-refractivity contribution < 1.29 is 14.3 Å². The molecule has 3 heterocycles. The molecular weight excluding hydrogens is 342 g/mol. The maximum absolute atomic E-state index is 11.6. The first-order chi connectivity index (χ1) is 12.1. The minimum Gasteiger partial charge on any atom is -0.440 e. The third-order valence-corrected chi connectivity index (χ3v) is 4.36. The maximum atomic E-state index is 11.6. The predicted molar refractivity (Wildman–Crippen MR) is 95.3 cm³/mol. The summed E-state index contributed by atoms with van der Waals surface area (Å²) >= 11 is 1.32. The normalized spacial score (nSPS) is 13.9. The molecule has 3 N–H and O–H groups in total. The number of aromatic nitrogens is 2. The largest absolute Gasteiger partial charge is 0.440 e. The number of pyridine rings is 1. The van der Waals surface area contributed by atoms with E-state index in [1.54, 1.807) is 12.4 Å². The van der Waals surface area contributed by atoms with Crippen molar-refractivity contribution in [3.05, 3.63) is 41.7 Å². The van der Waals surface area contributed by atoms with Crippen LogP contribution in [0.15, 0.2) is 36.0 Å². The van der Waals surface area contributed by atoms with Gasteiger partial charge in [0.2, 0.25) is 0 Å². The summed E-state index contributed by atoms with van der Waals surface area (Å²) in [6.45, 7) is 1.25. The highest BCUT2D eigenvalue weighted by molar-refractivity contribution is 7.14. The molecule has 130 valence electrons. The highest BCUT2D eigenvalue weighted by Crippen LogP contribution is 2.27. The Hall–Kier alpha value is -2.94. The minimum atomic E-state index is -0.987. The van der Waals surface area contributed by atoms with Crippen molar-refractivity contribution in [1.29, 1.82) is 0 Å². The van der Waals surface area contributed by atoms with Crippen molar-refractivity contribution in [3.8, 4) is 0 Å². The lowest BCUT2D eigenvalue weighted by molar-refractivity contribution is -0.118. The molecule has 0 aromatic carbocycles. The fraction of sp³-hybridized carbons (Fsp3) is 0.250. The van der Waals surface area contributed by atoms with E-state index in [9.17, 15) is 9.59 Å². The molecule has 9 heteroatoms. The van der Waals surface area contributed by atoms with Gasteiger partial charge in [-0.05, 0) is 24.1 Å². The van der Waals surface area contributed by atoms with Gasteiger partial charge in [-0.15, -0.1) is 11.3 Å². The van der Waals surface area contributed by atoms with E-state index in [1.807, 2.05) is 17.5 Å². The number of primary amides is 1. The molecule has 0 aliphatic carbocycles. The van der Waals surface area contributed by atoms with Gasteiger partial charge in [0.15, 0.2) is 11.7 Å². The third kappa shape index (κ3) is 4.54. The van der Waals surface area contributed by atoms with Gasteiger partial charge >= 0.3 is 6.09 Å². The van der Waals surface area contributed by atoms with Crippen LogP contribution in [0.25, 0.3) is 5.57 Å². The number of rotatable bonds is 5. The van der Waals surface area contributed by atoms with E-state index in [-0.39, 0.29) is 0 Å². The zero-order valence-corrected chi connectivity index (χ0v) is 14.2. The lowest BCUT2D eigenvalue weighted by Gasteiger charge is -2.28. The van der Waals surface area contributed by atoms with E-state index in [4.69, 9.17) is 5.73 Å². The number of anilines is 2. The molecule has 0 radical (unpaired) electrons. The fourth-order valence-corrected chi connectivity index (χ4v) is 3.23. The third-order valence-electron chi connectivity index (χ3n) is 3.60. The van der Waals surface area contributed by atoms with Crippen molar-refractivity contribution in [2.75, 3.05) is 29.9 Å². The van der Waals surface area contributed by atoms with E-state index in [1.165, 1.54) is 11.3 Å². The van der Waals surface area contributed by atoms with E-state index in [2.05, 4.69) is 31.0 Å². The summed E-state index contributed by atoms with van der Waals surface area (Å²) in [4.78, 5) is 32.9. The van der Waals surface area contributed by atoms with Crippen molar-refractivity contribution in [2.24, 2.45) is 5.73 Å². The fourth-order valence-electron chi connectivity index (χ4n) is 2.48. The number of amides is 2. The molecule has 1 aliphatic heterocycles. The first-order valence-electron chi connectivity index (χ1n) is 7.64. The van der Waals surface area contributed by atoms with Crippen LogP contribution < -0.4 is 16.0 Å². The Balaban J connectivity index is 1.63. The lowest BCUT2D eigenvalue weighted by atomic mass is 10.1. The number of hydrogen-bond donors (Lipinski definition) is 2. The molecule has 3 rings (SSSR count). The second-order valence-electron chi connectivity index (χ2n) is 5.34. The molecule has 0 fully saturated rings. The van der Waals surface area contributed by atoms with Crippen LogP contribution >= 0.6 is 11.3 Å². The molecule has 0 spiro atoms. The summed E-state index contributed by atoms with van der Waals surface area (Å²) in [5.41, 5.74) is 7.88. The molecular formula is C16H17N5O3S. The molecule has 2 aromatic rings. The molecule has 0 atom stereocenters. The summed E-state index contributed by atoms with van der Waals surface area (Å²) in [5.74, 6) is -0.476. The summed E-state index contributed by atoms with van der Waals surface area (Å²) in [7, 11) is 0. The molecule has 2 amide bonds. The number of nitrogens with two attached hydrogens (primary N) is 1. The first kappa shape index (κ1) is 16.9. The van der Waals surface area contributed by atoms with Crippen LogP contribution in [0.1, 0.15) is 12.1 Å². The Morgan fingerprint density at radius 2 is 2.16 bits per heavy atom. The number of ether oxygens (including phenoxy) is 1. The zero-order chi connectivity index (χ0) is 17.6. The standard InChI is InChI=1S/C16H17N5O3S/c17-15(23)24-9-14(22)20-16-19-13(10-25-16)11-2-1-7-21(8-11)12-3-5-18-6-4-12/h2-6,10H,1,7-9H2,(H2,17,23)(H,19,20,22). The first-order valence-corrected chi connectivity index (χ1v) is 8.52. The second-order valence-corrected chi connectivity index (χ2v) is 6.20. The van der Waals surface area contributed by atoms with Crippen molar-refractivity contribution in [2.45, 2.75) is 6.42 Å². The summed E-state index contributed by atoms with van der Waals surface area (Å²) < 4.78 is 4.44. The van der Waals surface area contributed by atoms with Crippen LogP contribution in [-0.2, 0) is 9.53 Å². The zero-order valence-electron chi connectivity index (χ0n) is 13.3. The van der Waals surface area contributed by atoms with Gasteiger partial charge in [-0.3, -0.25) is 15.1 Å². The summed E-state index contributed by atoms with van der Waals surface area (Å²) in [5, 5.41) is 4.94. The van der Waals surface area contributed by atoms with Crippen LogP contribution in [0.5, 0.6) is 0 Å². The quantitative estimate of drug-likeness (QED) is 0.843. The van der Waals surface area contributed by atoms with E-state index in [0.29, 0.717) is 5.13 Å². The minimum absolute atomic E-state index is 0.428. The number of carbonyl (C=O) groups is 2. The van der Waals surface area contributed by atoms with Gasteiger partial charge < -0.3 is 15.4 Å². The molecule has 2 aromatic heterocycles.